The van der Waals surface area contributed by atoms with E-state index in [1.807, 2.05) is 0 Å². The highest BCUT2D eigenvalue weighted by molar-refractivity contribution is 7.52. The number of hydrogen-bond acceptors (Lipinski definition) is 2. The lowest BCUT2D eigenvalue weighted by Crippen LogP contribution is -2.63. The Labute approximate surface area is 163 Å². The first-order valence-corrected chi connectivity index (χ1v) is 16.5. The molecule has 1 amide bonds. The van der Waals surface area contributed by atoms with Crippen LogP contribution in [0, 0.1) is 0 Å². The molecular weight excluding hydrogens is 366 g/mol. The van der Waals surface area contributed by atoms with Gasteiger partial charge in [-0.25, -0.2) is 0 Å². The minimum absolute atomic E-state index is 0.344. The fourth-order valence-corrected chi connectivity index (χ4v) is 14.4. The summed E-state index contributed by atoms with van der Waals surface area (Å²) in [6.45, 7) is 11.9. The normalized spacial score (nSPS) is 18.2. The van der Waals surface area contributed by atoms with E-state index in [-0.39, 0.29) is 5.91 Å². The molecule has 2 bridgehead atoms. The second-order valence-electron chi connectivity index (χ2n) is 8.92. The van der Waals surface area contributed by atoms with Crippen LogP contribution in [0.1, 0.15) is 28.4 Å². The van der Waals surface area contributed by atoms with Gasteiger partial charge in [-0.05, 0) is 52.0 Å². The molecule has 5 heteroatoms. The number of allylic oxidation sites excluding steroid dienone is 1. The van der Waals surface area contributed by atoms with Crippen molar-refractivity contribution in [1.82, 2.24) is 0 Å². The summed E-state index contributed by atoms with van der Waals surface area (Å²) in [5.74, 6) is 0.669. The second-order valence-corrected chi connectivity index (χ2v) is 24.0. The lowest BCUT2D eigenvalue weighted by Gasteiger charge is -2.32. The topological polar surface area (TPSA) is 52.3 Å². The van der Waals surface area contributed by atoms with Gasteiger partial charge in [0, 0.05) is 5.56 Å². The number of rotatable bonds is 3. The van der Waals surface area contributed by atoms with Gasteiger partial charge in [0.1, 0.15) is 5.75 Å². The minimum Gasteiger partial charge on any atom is -0.497 e. The van der Waals surface area contributed by atoms with Crippen LogP contribution in [0.5, 0.6) is 5.75 Å². The number of nitrogens with two attached hydrogens (primary N) is 1. The van der Waals surface area contributed by atoms with Crippen LogP contribution in [-0.4, -0.2) is 28.2 Å². The molecule has 0 radical (unpaired) electrons. The monoisotopic (exact) mass is 393 g/mol. The minimum atomic E-state index is -1.83. The molecule has 0 saturated carbocycles. The number of amides is 1. The number of ether oxygens (including phenoxy) is 1. The van der Waals surface area contributed by atoms with Crippen molar-refractivity contribution in [2.24, 2.45) is 5.73 Å². The third-order valence-corrected chi connectivity index (χ3v) is 24.4. The van der Waals surface area contributed by atoms with Crippen LogP contribution in [0.15, 0.2) is 29.8 Å². The number of methoxy groups -OCH3 is 1. The van der Waals surface area contributed by atoms with Crippen molar-refractivity contribution in [2.75, 3.05) is 7.11 Å². The molecule has 2 aromatic carbocycles. The van der Waals surface area contributed by atoms with Crippen molar-refractivity contribution >= 4 is 37.5 Å². The third-order valence-electron chi connectivity index (χ3n) is 6.94. The maximum absolute atomic E-state index is 12.5. The maximum Gasteiger partial charge on any atom is 0.249 e. The Morgan fingerprint density at radius 1 is 1.15 bits per heavy atom. The number of carbonyl (C=O) groups is 1. The standard InChI is InChI=1S/C22H27NO2Si2/c1-13-10-14-8-7-9-15(16(14)11-13)19-17(22(23)24)12-18-20(25-2)21(19)27(5,6)26(18,3)4/h7-9,11-12H,10H2,1-6H3,(H2,23,24). The molecule has 3 nitrogen and oxygen atoms in total. The maximum atomic E-state index is 12.5. The molecule has 2 aliphatic rings. The fourth-order valence-electron chi connectivity index (χ4n) is 4.81. The Balaban J connectivity index is 2.16. The molecule has 0 unspecified atom stereocenters. The zero-order valence-electron chi connectivity index (χ0n) is 17.0. The molecule has 1 heterocycles. The Kier molecular flexibility index (Phi) is 3.85. The predicted molar refractivity (Wildman–Crippen MR) is 119 cm³/mol. The predicted octanol–water partition coefficient (Wildman–Crippen LogP) is 3.34. The lowest BCUT2D eigenvalue weighted by molar-refractivity contribution is 0.100. The number of primary amides is 1. The van der Waals surface area contributed by atoms with Gasteiger partial charge in [0.25, 0.3) is 0 Å². The summed E-state index contributed by atoms with van der Waals surface area (Å²) in [6.07, 6.45) is 3.23. The van der Waals surface area contributed by atoms with Crippen LogP contribution in [0.4, 0.5) is 0 Å². The Morgan fingerprint density at radius 2 is 1.85 bits per heavy atom. The van der Waals surface area contributed by atoms with Gasteiger partial charge in [-0.15, -0.1) is 0 Å². The fraction of sp³-hybridized carbons (Fsp3) is 0.318. The summed E-state index contributed by atoms with van der Waals surface area (Å²) in [7, 11) is -1.81. The van der Waals surface area contributed by atoms with E-state index in [2.05, 4.69) is 63.5 Å². The molecule has 27 heavy (non-hydrogen) atoms. The molecule has 0 fully saturated rings. The average Bonchev–Trinajstić information content (AvgIpc) is 3.02. The van der Waals surface area contributed by atoms with Gasteiger partial charge in [-0.1, -0.05) is 56.0 Å². The summed E-state index contributed by atoms with van der Waals surface area (Å²) in [6, 6.07) is 8.48. The SMILES string of the molecule is COc1c2cc(C(N)=O)c(-c3cccc4c3C=C(C)C4)c1[Si](C)(C)[Si]2(C)C. The second kappa shape index (κ2) is 5.69. The largest absolute Gasteiger partial charge is 0.497 e. The Morgan fingerprint density at radius 3 is 2.48 bits per heavy atom. The van der Waals surface area contributed by atoms with Gasteiger partial charge in [-0.2, -0.15) is 0 Å². The van der Waals surface area contributed by atoms with Crippen LogP contribution in [0.2, 0.25) is 26.2 Å². The molecule has 140 valence electrons. The van der Waals surface area contributed by atoms with Crippen LogP contribution in [-0.2, 0) is 6.42 Å². The van der Waals surface area contributed by atoms with E-state index in [0.29, 0.717) is 5.56 Å². The highest BCUT2D eigenvalue weighted by Crippen LogP contribution is 2.41. The van der Waals surface area contributed by atoms with Crippen molar-refractivity contribution in [3.8, 4) is 16.9 Å². The van der Waals surface area contributed by atoms with E-state index < -0.39 is 15.2 Å². The van der Waals surface area contributed by atoms with E-state index in [1.54, 1.807) is 7.11 Å². The highest BCUT2D eigenvalue weighted by Gasteiger charge is 2.55. The van der Waals surface area contributed by atoms with Gasteiger partial charge in [0.15, 0.2) is 0 Å². The third kappa shape index (κ3) is 2.28. The number of fused-ring (bicyclic) bond motifs is 3. The van der Waals surface area contributed by atoms with Crippen LogP contribution >= 0.6 is 0 Å². The van der Waals surface area contributed by atoms with Crippen molar-refractivity contribution in [3.63, 3.8) is 0 Å². The first-order chi connectivity index (χ1) is 12.6. The van der Waals surface area contributed by atoms with E-state index in [1.165, 1.54) is 27.1 Å². The molecular formula is C22H27NO2Si2. The molecule has 2 aromatic rings. The van der Waals surface area contributed by atoms with Crippen molar-refractivity contribution in [2.45, 2.75) is 39.5 Å². The van der Waals surface area contributed by atoms with E-state index in [4.69, 9.17) is 10.5 Å². The zero-order valence-corrected chi connectivity index (χ0v) is 19.0. The molecule has 4 rings (SSSR count). The van der Waals surface area contributed by atoms with Gasteiger partial charge in [-0.3, -0.25) is 4.79 Å². The van der Waals surface area contributed by atoms with Crippen LogP contribution < -0.4 is 20.8 Å². The summed E-state index contributed by atoms with van der Waals surface area (Å²) >= 11 is 0. The zero-order chi connectivity index (χ0) is 19.7. The summed E-state index contributed by atoms with van der Waals surface area (Å²) in [5.41, 5.74) is 12.6. The van der Waals surface area contributed by atoms with Gasteiger partial charge in [0.05, 0.1) is 22.3 Å². The van der Waals surface area contributed by atoms with E-state index in [0.717, 1.165) is 23.3 Å². The summed E-state index contributed by atoms with van der Waals surface area (Å²) < 4.78 is 5.95. The van der Waals surface area contributed by atoms with E-state index >= 15 is 0 Å². The van der Waals surface area contributed by atoms with Crippen molar-refractivity contribution in [1.29, 1.82) is 0 Å². The number of benzene rings is 2. The number of carbonyl (C=O) groups excluding carboxylic acids is 1. The van der Waals surface area contributed by atoms with Crippen LogP contribution in [0.25, 0.3) is 17.2 Å². The van der Waals surface area contributed by atoms with Gasteiger partial charge in [0.2, 0.25) is 5.91 Å². The average molecular weight is 394 g/mol. The molecule has 2 N–H and O–H groups in total. The molecule has 0 spiro atoms. The Hall–Kier alpha value is -2.12. The van der Waals surface area contributed by atoms with E-state index in [9.17, 15) is 4.79 Å². The van der Waals surface area contributed by atoms with Gasteiger partial charge >= 0.3 is 0 Å². The van der Waals surface area contributed by atoms with Crippen molar-refractivity contribution < 1.29 is 9.53 Å². The Bertz CT molecular complexity index is 1040. The smallest absolute Gasteiger partial charge is 0.249 e. The van der Waals surface area contributed by atoms with Gasteiger partial charge < -0.3 is 10.5 Å². The summed E-state index contributed by atoms with van der Waals surface area (Å²) in [5, 5.41) is 2.55. The highest BCUT2D eigenvalue weighted by atomic mass is 29.3. The molecule has 0 aromatic heterocycles. The molecule has 1 aliphatic carbocycles. The molecule has 0 atom stereocenters. The first kappa shape index (κ1) is 18.3. The molecule has 1 aliphatic heterocycles. The quantitative estimate of drug-likeness (QED) is 0.813. The molecule has 0 saturated heterocycles. The van der Waals surface area contributed by atoms with Crippen molar-refractivity contribution in [3.05, 3.63) is 46.5 Å². The number of hydrogen-bond donors (Lipinski definition) is 1. The van der Waals surface area contributed by atoms with Crippen LogP contribution in [0.3, 0.4) is 0 Å². The first-order valence-electron chi connectivity index (χ1n) is 9.46. The summed E-state index contributed by atoms with van der Waals surface area (Å²) in [4.78, 5) is 12.5. The lowest BCUT2D eigenvalue weighted by atomic mass is 9.93.